The van der Waals surface area contributed by atoms with E-state index in [0.29, 0.717) is 16.8 Å². The summed E-state index contributed by atoms with van der Waals surface area (Å²) in [6.07, 6.45) is 0. The first-order valence-electron chi connectivity index (χ1n) is 6.16. The normalized spacial score (nSPS) is 9.75. The molecule has 1 heterocycles. The first-order valence-corrected chi connectivity index (χ1v) is 7.10. The molecule has 1 aromatic carbocycles. The van der Waals surface area contributed by atoms with Crippen molar-refractivity contribution in [1.29, 1.82) is 0 Å². The first kappa shape index (κ1) is 14.3. The van der Waals surface area contributed by atoms with E-state index in [9.17, 15) is 4.79 Å². The van der Waals surface area contributed by atoms with Crippen LogP contribution in [0.1, 0.15) is 27.0 Å². The van der Waals surface area contributed by atoms with Gasteiger partial charge in [0, 0.05) is 10.9 Å². The highest BCUT2D eigenvalue weighted by Gasteiger charge is 2.11. The quantitative estimate of drug-likeness (QED) is 0.833. The Bertz CT molecular complexity index is 692. The number of aliphatic hydroxyl groups is 1. The van der Waals surface area contributed by atoms with Crippen LogP contribution in [0.2, 0.25) is 0 Å². The highest BCUT2D eigenvalue weighted by atomic mass is 32.1. The Balaban J connectivity index is 2.29. The van der Waals surface area contributed by atoms with E-state index in [1.54, 1.807) is 0 Å². The topological polar surface area (TPSA) is 49.3 Å². The third kappa shape index (κ3) is 3.27. The fraction of sp³-hybridized carbons (Fsp3) is 0.188. The molecule has 2 N–H and O–H groups in total. The second kappa shape index (κ2) is 6.38. The van der Waals surface area contributed by atoms with Crippen molar-refractivity contribution in [2.45, 2.75) is 13.8 Å². The van der Waals surface area contributed by atoms with Gasteiger partial charge in [0.25, 0.3) is 5.91 Å². The molecular weight excluding hydrogens is 270 g/mol. The number of rotatable bonds is 2. The predicted molar refractivity (Wildman–Crippen MR) is 82.2 cm³/mol. The van der Waals surface area contributed by atoms with Crippen LogP contribution in [0.3, 0.4) is 0 Å². The number of anilines is 1. The zero-order chi connectivity index (χ0) is 14.5. The van der Waals surface area contributed by atoms with E-state index >= 15 is 0 Å². The average Bonchev–Trinajstić information content (AvgIpc) is 2.85. The second-order valence-electron chi connectivity index (χ2n) is 4.43. The molecule has 0 saturated carbocycles. The van der Waals surface area contributed by atoms with Gasteiger partial charge in [-0.25, -0.2) is 0 Å². The van der Waals surface area contributed by atoms with Crippen LogP contribution in [0.25, 0.3) is 0 Å². The van der Waals surface area contributed by atoms with Crippen LogP contribution in [0.5, 0.6) is 0 Å². The standard InChI is InChI=1S/C16H15NO2S/c1-11-5-6-15(13(8-11)4-3-7-18)17-16(19)14-10-20-9-12(14)2/h5-6,8-10,18H,7H2,1-2H3,(H,17,19). The summed E-state index contributed by atoms with van der Waals surface area (Å²) in [4.78, 5) is 12.2. The maximum Gasteiger partial charge on any atom is 0.256 e. The van der Waals surface area contributed by atoms with Gasteiger partial charge in [-0.3, -0.25) is 4.79 Å². The van der Waals surface area contributed by atoms with Gasteiger partial charge in [0.2, 0.25) is 0 Å². The van der Waals surface area contributed by atoms with Gasteiger partial charge in [-0.05, 0) is 42.5 Å². The maximum absolute atomic E-state index is 12.2. The van der Waals surface area contributed by atoms with Crippen molar-refractivity contribution in [1.82, 2.24) is 0 Å². The first-order chi connectivity index (χ1) is 9.61. The van der Waals surface area contributed by atoms with Crippen LogP contribution in [0.15, 0.2) is 29.0 Å². The summed E-state index contributed by atoms with van der Waals surface area (Å²) < 4.78 is 0. The van der Waals surface area contributed by atoms with Crippen molar-refractivity contribution < 1.29 is 9.90 Å². The van der Waals surface area contributed by atoms with E-state index in [1.807, 2.05) is 42.8 Å². The van der Waals surface area contributed by atoms with Gasteiger partial charge in [0.15, 0.2) is 0 Å². The van der Waals surface area contributed by atoms with E-state index in [1.165, 1.54) is 11.3 Å². The molecule has 0 aliphatic heterocycles. The largest absolute Gasteiger partial charge is 0.384 e. The van der Waals surface area contributed by atoms with Crippen molar-refractivity contribution in [3.05, 3.63) is 51.2 Å². The number of aliphatic hydroxyl groups excluding tert-OH is 1. The molecule has 0 aliphatic carbocycles. The summed E-state index contributed by atoms with van der Waals surface area (Å²) in [6.45, 7) is 3.66. The van der Waals surface area contributed by atoms with Crippen LogP contribution in [0, 0.1) is 25.7 Å². The SMILES string of the molecule is Cc1ccc(NC(=O)c2cscc2C)c(C#CCO)c1. The smallest absolute Gasteiger partial charge is 0.256 e. The summed E-state index contributed by atoms with van der Waals surface area (Å²) in [7, 11) is 0. The van der Waals surface area contributed by atoms with Crippen LogP contribution >= 0.6 is 11.3 Å². The number of carbonyl (C=O) groups excluding carboxylic acids is 1. The van der Waals surface area contributed by atoms with Crippen molar-refractivity contribution in [3.63, 3.8) is 0 Å². The Morgan fingerprint density at radius 3 is 2.80 bits per heavy atom. The molecule has 2 aromatic rings. The van der Waals surface area contributed by atoms with Crippen molar-refractivity contribution in [2.24, 2.45) is 0 Å². The van der Waals surface area contributed by atoms with Gasteiger partial charge in [-0.15, -0.1) is 0 Å². The summed E-state index contributed by atoms with van der Waals surface area (Å²) in [5, 5.41) is 15.4. The van der Waals surface area contributed by atoms with Gasteiger partial charge >= 0.3 is 0 Å². The lowest BCUT2D eigenvalue weighted by Gasteiger charge is -2.08. The fourth-order valence-corrected chi connectivity index (χ4v) is 2.62. The second-order valence-corrected chi connectivity index (χ2v) is 5.18. The molecule has 0 fully saturated rings. The molecule has 0 atom stereocenters. The molecule has 1 aromatic heterocycles. The Morgan fingerprint density at radius 2 is 2.15 bits per heavy atom. The number of hydrogen-bond acceptors (Lipinski definition) is 3. The van der Waals surface area contributed by atoms with Gasteiger partial charge in [0.1, 0.15) is 6.61 Å². The number of carbonyl (C=O) groups is 1. The summed E-state index contributed by atoms with van der Waals surface area (Å²) in [5.74, 6) is 5.33. The molecule has 1 amide bonds. The van der Waals surface area contributed by atoms with Gasteiger partial charge in [-0.1, -0.05) is 17.9 Å². The molecule has 0 radical (unpaired) electrons. The highest BCUT2D eigenvalue weighted by Crippen LogP contribution is 2.20. The summed E-state index contributed by atoms with van der Waals surface area (Å²) in [5.41, 5.74) is 4.06. The molecule has 0 aliphatic rings. The lowest BCUT2D eigenvalue weighted by atomic mass is 10.1. The molecule has 0 spiro atoms. The molecule has 20 heavy (non-hydrogen) atoms. The molecular formula is C16H15NO2S. The average molecular weight is 285 g/mol. The minimum atomic E-state index is -0.203. The zero-order valence-electron chi connectivity index (χ0n) is 11.4. The lowest BCUT2D eigenvalue weighted by Crippen LogP contribution is -2.13. The molecule has 102 valence electrons. The molecule has 2 rings (SSSR count). The van der Waals surface area contributed by atoms with E-state index in [2.05, 4.69) is 17.2 Å². The van der Waals surface area contributed by atoms with Crippen molar-refractivity contribution in [3.8, 4) is 11.8 Å². The van der Waals surface area contributed by atoms with E-state index in [4.69, 9.17) is 5.11 Å². The predicted octanol–water partition coefficient (Wildman–Crippen LogP) is 2.96. The summed E-state index contributed by atoms with van der Waals surface area (Å²) in [6, 6.07) is 5.63. The Hall–Kier alpha value is -2.09. The minimum absolute atomic E-state index is 0.139. The summed E-state index contributed by atoms with van der Waals surface area (Å²) >= 11 is 1.50. The van der Waals surface area contributed by atoms with Gasteiger partial charge < -0.3 is 10.4 Å². The van der Waals surface area contributed by atoms with E-state index in [-0.39, 0.29) is 12.5 Å². The maximum atomic E-state index is 12.2. The van der Waals surface area contributed by atoms with Crippen LogP contribution in [-0.4, -0.2) is 17.6 Å². The number of aryl methyl sites for hydroxylation is 2. The van der Waals surface area contributed by atoms with Crippen LogP contribution < -0.4 is 5.32 Å². The van der Waals surface area contributed by atoms with Gasteiger partial charge in [0.05, 0.1) is 11.3 Å². The van der Waals surface area contributed by atoms with E-state index in [0.717, 1.165) is 11.1 Å². The Morgan fingerprint density at radius 1 is 1.35 bits per heavy atom. The molecule has 0 saturated heterocycles. The Kier molecular flexibility index (Phi) is 4.57. The molecule has 3 nitrogen and oxygen atoms in total. The minimum Gasteiger partial charge on any atom is -0.384 e. The fourth-order valence-electron chi connectivity index (χ4n) is 1.79. The van der Waals surface area contributed by atoms with Crippen LogP contribution in [0.4, 0.5) is 5.69 Å². The monoisotopic (exact) mass is 285 g/mol. The third-order valence-electron chi connectivity index (χ3n) is 2.83. The van der Waals surface area contributed by atoms with Gasteiger partial charge in [-0.2, -0.15) is 11.3 Å². The lowest BCUT2D eigenvalue weighted by molar-refractivity contribution is 0.102. The third-order valence-corrected chi connectivity index (χ3v) is 3.69. The van der Waals surface area contributed by atoms with Crippen molar-refractivity contribution >= 4 is 22.9 Å². The number of benzene rings is 1. The molecule has 0 bridgehead atoms. The number of thiophene rings is 1. The van der Waals surface area contributed by atoms with Crippen LogP contribution in [-0.2, 0) is 0 Å². The number of nitrogens with one attached hydrogen (secondary N) is 1. The molecule has 0 unspecified atom stereocenters. The highest BCUT2D eigenvalue weighted by molar-refractivity contribution is 7.08. The zero-order valence-corrected chi connectivity index (χ0v) is 12.2. The van der Waals surface area contributed by atoms with Crippen molar-refractivity contribution in [2.75, 3.05) is 11.9 Å². The molecule has 4 heteroatoms. The number of hydrogen-bond donors (Lipinski definition) is 2. The number of amides is 1. The van der Waals surface area contributed by atoms with E-state index < -0.39 is 0 Å². The Labute approximate surface area is 122 Å².